The van der Waals surface area contributed by atoms with Crippen LogP contribution in [0.15, 0.2) is 30.3 Å². The van der Waals surface area contributed by atoms with Gasteiger partial charge in [0.1, 0.15) is 11.6 Å². The van der Waals surface area contributed by atoms with Crippen molar-refractivity contribution in [1.29, 1.82) is 0 Å². The van der Waals surface area contributed by atoms with Gasteiger partial charge in [-0.2, -0.15) is 10.2 Å². The summed E-state index contributed by atoms with van der Waals surface area (Å²) in [5.74, 6) is 0.731. The number of halogens is 1. The Morgan fingerprint density at radius 3 is 2.77 bits per heavy atom. The summed E-state index contributed by atoms with van der Waals surface area (Å²) >= 11 is 0. The topological polar surface area (TPSA) is 79.7 Å². The van der Waals surface area contributed by atoms with E-state index >= 15 is 0 Å². The SMILES string of the molecule is Cc1cc(C(=O)N2CCCC2c2nc(-c3ccc(F)cc3)n[nH]2)nn1C. The normalized spacial score (nSPS) is 17.0. The highest BCUT2D eigenvalue weighted by Crippen LogP contribution is 2.32. The van der Waals surface area contributed by atoms with Crippen LogP contribution in [0, 0.1) is 12.7 Å². The third kappa shape index (κ3) is 2.87. The number of aryl methyl sites for hydroxylation is 2. The lowest BCUT2D eigenvalue weighted by atomic mass is 10.2. The maximum Gasteiger partial charge on any atom is 0.274 e. The van der Waals surface area contributed by atoms with Gasteiger partial charge in [-0.15, -0.1) is 0 Å². The van der Waals surface area contributed by atoms with Crippen LogP contribution in [0.25, 0.3) is 11.4 Å². The molecule has 1 fully saturated rings. The van der Waals surface area contributed by atoms with Crippen LogP contribution in [-0.2, 0) is 7.05 Å². The molecule has 1 atom stereocenters. The van der Waals surface area contributed by atoms with Crippen molar-refractivity contribution >= 4 is 5.91 Å². The highest BCUT2D eigenvalue weighted by atomic mass is 19.1. The van der Waals surface area contributed by atoms with Crippen molar-refractivity contribution in [3.63, 3.8) is 0 Å². The van der Waals surface area contributed by atoms with Crippen molar-refractivity contribution in [2.24, 2.45) is 7.05 Å². The number of carbonyl (C=O) groups excluding carboxylic acids is 1. The van der Waals surface area contributed by atoms with Crippen LogP contribution in [0.3, 0.4) is 0 Å². The summed E-state index contributed by atoms with van der Waals surface area (Å²) in [6.45, 7) is 2.57. The number of aromatic amines is 1. The van der Waals surface area contributed by atoms with Gasteiger partial charge in [-0.1, -0.05) is 0 Å². The number of benzene rings is 1. The molecule has 0 bridgehead atoms. The van der Waals surface area contributed by atoms with Gasteiger partial charge in [0.15, 0.2) is 11.5 Å². The first kappa shape index (κ1) is 16.4. The minimum Gasteiger partial charge on any atom is -0.327 e. The maximum atomic E-state index is 13.1. The van der Waals surface area contributed by atoms with E-state index in [1.165, 1.54) is 12.1 Å². The summed E-state index contributed by atoms with van der Waals surface area (Å²) in [6, 6.07) is 7.65. The molecule has 2 aromatic heterocycles. The van der Waals surface area contributed by atoms with Gasteiger partial charge >= 0.3 is 0 Å². The van der Waals surface area contributed by atoms with Crippen molar-refractivity contribution < 1.29 is 9.18 Å². The van der Waals surface area contributed by atoms with E-state index in [2.05, 4.69) is 20.3 Å². The molecule has 134 valence electrons. The fourth-order valence-electron chi connectivity index (χ4n) is 3.26. The van der Waals surface area contributed by atoms with Gasteiger partial charge in [-0.25, -0.2) is 9.37 Å². The number of carbonyl (C=O) groups is 1. The number of hydrogen-bond donors (Lipinski definition) is 1. The fourth-order valence-corrected chi connectivity index (χ4v) is 3.26. The molecule has 3 heterocycles. The van der Waals surface area contributed by atoms with Crippen molar-refractivity contribution in [1.82, 2.24) is 29.9 Å². The van der Waals surface area contributed by atoms with Crippen molar-refractivity contribution in [2.75, 3.05) is 6.54 Å². The number of H-pyrrole nitrogens is 1. The quantitative estimate of drug-likeness (QED) is 0.784. The third-order valence-electron chi connectivity index (χ3n) is 4.77. The van der Waals surface area contributed by atoms with Crippen LogP contribution < -0.4 is 0 Å². The van der Waals surface area contributed by atoms with E-state index in [0.717, 1.165) is 24.1 Å². The summed E-state index contributed by atoms with van der Waals surface area (Å²) in [6.07, 6.45) is 1.71. The molecule has 1 saturated heterocycles. The lowest BCUT2D eigenvalue weighted by Gasteiger charge is -2.21. The fraction of sp³-hybridized carbons (Fsp3) is 0.333. The first-order valence-corrected chi connectivity index (χ1v) is 8.53. The Labute approximate surface area is 149 Å². The van der Waals surface area contributed by atoms with E-state index in [-0.39, 0.29) is 17.8 Å². The summed E-state index contributed by atoms with van der Waals surface area (Å²) in [7, 11) is 1.82. The molecular formula is C18H19FN6O. The number of rotatable bonds is 3. The van der Waals surface area contributed by atoms with Crippen LogP contribution >= 0.6 is 0 Å². The van der Waals surface area contributed by atoms with Gasteiger partial charge in [0, 0.05) is 24.8 Å². The van der Waals surface area contributed by atoms with Gasteiger partial charge in [-0.05, 0) is 50.1 Å². The second kappa shape index (κ2) is 6.36. The first-order valence-electron chi connectivity index (χ1n) is 8.53. The zero-order chi connectivity index (χ0) is 18.3. The number of likely N-dealkylation sites (tertiary alicyclic amines) is 1. The maximum absolute atomic E-state index is 13.1. The Kier molecular flexibility index (Phi) is 4.02. The third-order valence-corrected chi connectivity index (χ3v) is 4.77. The van der Waals surface area contributed by atoms with Gasteiger partial charge in [-0.3, -0.25) is 14.6 Å². The number of nitrogens with one attached hydrogen (secondary N) is 1. The molecule has 0 aliphatic carbocycles. The second-order valence-electron chi connectivity index (χ2n) is 6.50. The predicted molar refractivity (Wildman–Crippen MR) is 92.7 cm³/mol. The van der Waals surface area contributed by atoms with E-state index in [1.807, 2.05) is 14.0 Å². The molecule has 8 heteroatoms. The first-order chi connectivity index (χ1) is 12.5. The molecule has 1 unspecified atom stereocenters. The van der Waals surface area contributed by atoms with Crippen molar-refractivity contribution in [3.8, 4) is 11.4 Å². The second-order valence-corrected chi connectivity index (χ2v) is 6.50. The summed E-state index contributed by atoms with van der Waals surface area (Å²) in [5.41, 5.74) is 2.10. The standard InChI is InChI=1S/C18H19FN6O/c1-11-10-14(23-24(11)2)18(26)25-9-3-4-15(25)17-20-16(21-22-17)12-5-7-13(19)8-6-12/h5-8,10,15H,3-4,9H2,1-2H3,(H,20,21,22). The largest absolute Gasteiger partial charge is 0.327 e. The highest BCUT2D eigenvalue weighted by molar-refractivity contribution is 5.92. The number of amides is 1. The Hall–Kier alpha value is -3.03. The zero-order valence-electron chi connectivity index (χ0n) is 14.6. The molecule has 0 saturated carbocycles. The predicted octanol–water partition coefficient (Wildman–Crippen LogP) is 2.63. The van der Waals surface area contributed by atoms with Crippen LogP contribution in [0.2, 0.25) is 0 Å². The van der Waals surface area contributed by atoms with Crippen LogP contribution in [0.1, 0.15) is 40.9 Å². The van der Waals surface area contributed by atoms with E-state index in [9.17, 15) is 9.18 Å². The molecule has 1 aliphatic heterocycles. The Bertz CT molecular complexity index is 926. The van der Waals surface area contributed by atoms with Crippen molar-refractivity contribution in [3.05, 3.63) is 53.4 Å². The minimum atomic E-state index is -0.303. The molecule has 1 aliphatic rings. The summed E-state index contributed by atoms with van der Waals surface area (Å²) in [4.78, 5) is 19.2. The average Bonchev–Trinajstić information content (AvgIpc) is 3.35. The van der Waals surface area contributed by atoms with Crippen molar-refractivity contribution in [2.45, 2.75) is 25.8 Å². The number of aromatic nitrogens is 5. The zero-order valence-corrected chi connectivity index (χ0v) is 14.6. The molecular weight excluding hydrogens is 335 g/mol. The van der Waals surface area contributed by atoms with Gasteiger partial charge in [0.25, 0.3) is 5.91 Å². The number of hydrogen-bond acceptors (Lipinski definition) is 4. The Morgan fingerprint density at radius 2 is 2.08 bits per heavy atom. The lowest BCUT2D eigenvalue weighted by molar-refractivity contribution is 0.0723. The highest BCUT2D eigenvalue weighted by Gasteiger charge is 2.34. The van der Waals surface area contributed by atoms with E-state index in [4.69, 9.17) is 0 Å². The molecule has 1 amide bonds. The molecule has 3 aromatic rings. The molecule has 7 nitrogen and oxygen atoms in total. The average molecular weight is 354 g/mol. The summed E-state index contributed by atoms with van der Waals surface area (Å²) in [5, 5.41) is 11.5. The summed E-state index contributed by atoms with van der Waals surface area (Å²) < 4.78 is 14.8. The van der Waals surface area contributed by atoms with Gasteiger partial charge in [0.2, 0.25) is 0 Å². The van der Waals surface area contributed by atoms with E-state index in [0.29, 0.717) is 23.9 Å². The molecule has 1 N–H and O–H groups in total. The monoisotopic (exact) mass is 354 g/mol. The Morgan fingerprint density at radius 1 is 1.31 bits per heavy atom. The molecule has 4 rings (SSSR count). The minimum absolute atomic E-state index is 0.101. The molecule has 1 aromatic carbocycles. The molecule has 0 radical (unpaired) electrons. The molecule has 26 heavy (non-hydrogen) atoms. The van der Waals surface area contributed by atoms with E-state index in [1.54, 1.807) is 27.8 Å². The van der Waals surface area contributed by atoms with E-state index < -0.39 is 0 Å². The lowest BCUT2D eigenvalue weighted by Crippen LogP contribution is -2.31. The Balaban J connectivity index is 1.59. The molecule has 0 spiro atoms. The van der Waals surface area contributed by atoms with Crippen LogP contribution in [0.4, 0.5) is 4.39 Å². The van der Waals surface area contributed by atoms with Gasteiger partial charge in [0.05, 0.1) is 6.04 Å². The van der Waals surface area contributed by atoms with Crippen LogP contribution in [-0.4, -0.2) is 42.3 Å². The van der Waals surface area contributed by atoms with Crippen LogP contribution in [0.5, 0.6) is 0 Å². The number of nitrogens with zero attached hydrogens (tertiary/aromatic N) is 5. The van der Waals surface area contributed by atoms with Gasteiger partial charge < -0.3 is 4.90 Å². The smallest absolute Gasteiger partial charge is 0.274 e.